The molecule has 2 amide bonds. The van der Waals surface area contributed by atoms with Crippen molar-refractivity contribution in [2.45, 2.75) is 20.1 Å². The maximum atomic E-state index is 12.3. The van der Waals surface area contributed by atoms with Crippen LogP contribution in [0.25, 0.3) is 0 Å². The van der Waals surface area contributed by atoms with Gasteiger partial charge in [0.1, 0.15) is 5.75 Å². The molecule has 1 aliphatic heterocycles. The summed E-state index contributed by atoms with van der Waals surface area (Å²) < 4.78 is 11.2. The van der Waals surface area contributed by atoms with Gasteiger partial charge in [-0.1, -0.05) is 12.1 Å². The lowest BCUT2D eigenvalue weighted by Crippen LogP contribution is -2.44. The number of hydrogen-bond acceptors (Lipinski definition) is 7. The Labute approximate surface area is 172 Å². The van der Waals surface area contributed by atoms with Gasteiger partial charge in [-0.3, -0.25) is 19.7 Å². The number of carbonyl (C=O) groups is 2. The fraction of sp³-hybridized carbons (Fsp3) is 0.250. The number of non-ortho nitro benzene ring substituents is 1. The summed E-state index contributed by atoms with van der Waals surface area (Å²) in [6.45, 7) is 2.74. The number of anilines is 1. The van der Waals surface area contributed by atoms with Crippen LogP contribution in [0.1, 0.15) is 19.4 Å². The lowest BCUT2D eigenvalue weighted by Gasteiger charge is -2.28. The molecule has 0 fully saturated rings. The SMILES string of the molecule is COc1ccccc1N(C[C@@H]1OC(c2ccc([N+](=O)[O-])cc2)=NN1C(C)=O)C(C)=O. The molecule has 0 aromatic heterocycles. The smallest absolute Gasteiger partial charge is 0.269 e. The lowest BCUT2D eigenvalue weighted by atomic mass is 10.2. The van der Waals surface area contributed by atoms with E-state index in [0.29, 0.717) is 17.0 Å². The predicted molar refractivity (Wildman–Crippen MR) is 108 cm³/mol. The summed E-state index contributed by atoms with van der Waals surface area (Å²) >= 11 is 0. The number of carbonyl (C=O) groups excluding carboxylic acids is 2. The van der Waals surface area contributed by atoms with E-state index < -0.39 is 11.2 Å². The minimum absolute atomic E-state index is 0.00919. The van der Waals surface area contributed by atoms with Crippen LogP contribution in [0.5, 0.6) is 5.75 Å². The molecule has 30 heavy (non-hydrogen) atoms. The van der Waals surface area contributed by atoms with E-state index >= 15 is 0 Å². The zero-order valence-corrected chi connectivity index (χ0v) is 16.6. The lowest BCUT2D eigenvalue weighted by molar-refractivity contribution is -0.384. The van der Waals surface area contributed by atoms with E-state index in [2.05, 4.69) is 5.10 Å². The topological polar surface area (TPSA) is 115 Å². The van der Waals surface area contributed by atoms with Crippen molar-refractivity contribution in [3.05, 3.63) is 64.2 Å². The number of methoxy groups -OCH3 is 1. The van der Waals surface area contributed by atoms with Crippen LogP contribution in [0.3, 0.4) is 0 Å². The number of benzene rings is 2. The average molecular weight is 412 g/mol. The molecule has 2 aromatic rings. The third kappa shape index (κ3) is 4.22. The van der Waals surface area contributed by atoms with Crippen molar-refractivity contribution in [1.29, 1.82) is 0 Å². The van der Waals surface area contributed by atoms with Crippen molar-refractivity contribution < 1.29 is 24.0 Å². The fourth-order valence-electron chi connectivity index (χ4n) is 3.01. The molecule has 10 heteroatoms. The highest BCUT2D eigenvalue weighted by atomic mass is 16.6. The standard InChI is InChI=1S/C20H20N4O6/c1-13(25)22(17-6-4-5-7-18(17)29-3)12-19-23(14(2)26)21-20(30-19)15-8-10-16(11-9-15)24(27)28/h4-11,19H,12H2,1-3H3/t19-/m0/s1. The number of nitro groups is 1. The Bertz CT molecular complexity index is 1000. The number of ether oxygens (including phenoxy) is 2. The Kier molecular flexibility index (Phi) is 5.95. The van der Waals surface area contributed by atoms with Crippen molar-refractivity contribution in [2.24, 2.45) is 5.10 Å². The summed E-state index contributed by atoms with van der Waals surface area (Å²) in [5.41, 5.74) is 0.931. The highest BCUT2D eigenvalue weighted by Gasteiger charge is 2.35. The largest absolute Gasteiger partial charge is 0.495 e. The number of para-hydroxylation sites is 2. The summed E-state index contributed by atoms with van der Waals surface area (Å²) in [5, 5.41) is 16.2. The van der Waals surface area contributed by atoms with Gasteiger partial charge < -0.3 is 14.4 Å². The van der Waals surface area contributed by atoms with E-state index in [9.17, 15) is 19.7 Å². The highest BCUT2D eigenvalue weighted by molar-refractivity contribution is 5.97. The molecule has 1 aliphatic rings. The normalized spacial score (nSPS) is 15.2. The van der Waals surface area contributed by atoms with Gasteiger partial charge in [-0.15, -0.1) is 5.10 Å². The molecule has 0 aliphatic carbocycles. The van der Waals surface area contributed by atoms with Gasteiger partial charge in [0.2, 0.25) is 23.9 Å². The van der Waals surface area contributed by atoms with E-state index in [-0.39, 0.29) is 29.9 Å². The van der Waals surface area contributed by atoms with Crippen LogP contribution in [0.4, 0.5) is 11.4 Å². The number of rotatable bonds is 6. The second-order valence-electron chi connectivity index (χ2n) is 6.45. The first-order chi connectivity index (χ1) is 14.3. The molecule has 0 saturated carbocycles. The van der Waals surface area contributed by atoms with Crippen LogP contribution < -0.4 is 9.64 Å². The van der Waals surface area contributed by atoms with Crippen LogP contribution in [0.2, 0.25) is 0 Å². The van der Waals surface area contributed by atoms with Crippen LogP contribution in [-0.2, 0) is 14.3 Å². The molecule has 1 atom stereocenters. The molecule has 0 spiro atoms. The predicted octanol–water partition coefficient (Wildman–Crippen LogP) is 2.52. The highest BCUT2D eigenvalue weighted by Crippen LogP contribution is 2.29. The Morgan fingerprint density at radius 3 is 2.43 bits per heavy atom. The van der Waals surface area contributed by atoms with Gasteiger partial charge in [0.15, 0.2) is 0 Å². The van der Waals surface area contributed by atoms with Gasteiger partial charge in [0.05, 0.1) is 24.3 Å². The zero-order valence-electron chi connectivity index (χ0n) is 16.6. The minimum atomic E-state index is -0.874. The molecule has 10 nitrogen and oxygen atoms in total. The maximum Gasteiger partial charge on any atom is 0.269 e. The van der Waals surface area contributed by atoms with Gasteiger partial charge in [0, 0.05) is 31.5 Å². The summed E-state index contributed by atoms with van der Waals surface area (Å²) in [7, 11) is 1.50. The van der Waals surface area contributed by atoms with Crippen LogP contribution in [0.15, 0.2) is 53.6 Å². The van der Waals surface area contributed by atoms with Gasteiger partial charge in [-0.05, 0) is 24.3 Å². The number of hydrogen-bond donors (Lipinski definition) is 0. The average Bonchev–Trinajstić information content (AvgIpc) is 3.16. The number of nitrogens with zero attached hydrogens (tertiary/aromatic N) is 4. The van der Waals surface area contributed by atoms with Crippen molar-refractivity contribution in [1.82, 2.24) is 5.01 Å². The molecule has 1 heterocycles. The summed E-state index contributed by atoms with van der Waals surface area (Å²) in [6.07, 6.45) is -0.874. The van der Waals surface area contributed by atoms with E-state index in [1.807, 2.05) is 0 Å². The first kappa shape index (κ1) is 20.8. The van der Waals surface area contributed by atoms with Crippen LogP contribution in [0, 0.1) is 10.1 Å². The Balaban J connectivity index is 1.87. The summed E-state index contributed by atoms with van der Waals surface area (Å²) in [4.78, 5) is 36.2. The van der Waals surface area contributed by atoms with Gasteiger partial charge >= 0.3 is 0 Å². The number of amides is 2. The van der Waals surface area contributed by atoms with Crippen LogP contribution in [-0.4, -0.2) is 47.5 Å². The van der Waals surface area contributed by atoms with Crippen LogP contribution >= 0.6 is 0 Å². The molecule has 0 N–H and O–H groups in total. The maximum absolute atomic E-state index is 12.3. The molecule has 156 valence electrons. The van der Waals surface area contributed by atoms with Gasteiger partial charge in [0.25, 0.3) is 5.69 Å². The third-order valence-corrected chi connectivity index (χ3v) is 4.46. The van der Waals surface area contributed by atoms with E-state index in [0.717, 1.165) is 5.01 Å². The molecule has 0 radical (unpaired) electrons. The molecule has 0 saturated heterocycles. The first-order valence-electron chi connectivity index (χ1n) is 9.03. The molecule has 0 bridgehead atoms. The minimum Gasteiger partial charge on any atom is -0.495 e. The quantitative estimate of drug-likeness (QED) is 0.532. The monoisotopic (exact) mass is 412 g/mol. The molecule has 2 aromatic carbocycles. The van der Waals surface area contributed by atoms with Crippen molar-refractivity contribution in [3.8, 4) is 5.75 Å². The fourth-order valence-corrected chi connectivity index (χ4v) is 3.01. The van der Waals surface area contributed by atoms with E-state index in [1.165, 1.54) is 50.1 Å². The van der Waals surface area contributed by atoms with Crippen molar-refractivity contribution in [3.63, 3.8) is 0 Å². The Hall–Kier alpha value is -3.95. The second kappa shape index (κ2) is 8.60. The molecular formula is C20H20N4O6. The van der Waals surface area contributed by atoms with Gasteiger partial charge in [-0.25, -0.2) is 0 Å². The van der Waals surface area contributed by atoms with Crippen molar-refractivity contribution >= 4 is 29.1 Å². The Morgan fingerprint density at radius 1 is 1.20 bits per heavy atom. The van der Waals surface area contributed by atoms with Crippen molar-refractivity contribution in [2.75, 3.05) is 18.6 Å². The molecule has 3 rings (SSSR count). The number of hydrazone groups is 1. The summed E-state index contributed by atoms with van der Waals surface area (Å²) in [5.74, 6) is -0.0129. The number of nitro benzene ring substituents is 1. The first-order valence-corrected chi connectivity index (χ1v) is 9.03. The summed E-state index contributed by atoms with van der Waals surface area (Å²) in [6, 6.07) is 12.6. The second-order valence-corrected chi connectivity index (χ2v) is 6.45. The zero-order chi connectivity index (χ0) is 21.8. The molecule has 0 unspecified atom stereocenters. The Morgan fingerprint density at radius 2 is 1.87 bits per heavy atom. The van der Waals surface area contributed by atoms with E-state index in [1.54, 1.807) is 24.3 Å². The van der Waals surface area contributed by atoms with Gasteiger partial charge in [-0.2, -0.15) is 5.01 Å². The molecular weight excluding hydrogens is 392 g/mol. The van der Waals surface area contributed by atoms with E-state index in [4.69, 9.17) is 9.47 Å². The third-order valence-electron chi connectivity index (χ3n) is 4.46.